The van der Waals surface area contributed by atoms with Crippen molar-refractivity contribution in [2.45, 2.75) is 10.8 Å². The van der Waals surface area contributed by atoms with Crippen LogP contribution in [0.2, 0.25) is 0 Å². The number of nitrogens with one attached hydrogen (secondary N) is 1. The molecular weight excluding hydrogens is 220 g/mol. The Balaban J connectivity index is 2.24. The summed E-state index contributed by atoms with van der Waals surface area (Å²) in [5.41, 5.74) is -1.17. The third-order valence-electron chi connectivity index (χ3n) is 2.04. The van der Waals surface area contributed by atoms with Gasteiger partial charge in [0.1, 0.15) is 10.8 Å². The summed E-state index contributed by atoms with van der Waals surface area (Å²) in [6, 6.07) is 1.29. The number of aliphatic hydroxyl groups excluding tert-OH is 1. The van der Waals surface area contributed by atoms with Gasteiger partial charge in [0.2, 0.25) is 0 Å². The molecule has 2 rings (SSSR count). The van der Waals surface area contributed by atoms with Gasteiger partial charge >= 0.3 is 5.69 Å². The van der Waals surface area contributed by atoms with Crippen LogP contribution < -0.4 is 11.2 Å². The summed E-state index contributed by atoms with van der Waals surface area (Å²) in [5, 5.41) is 8.66. The Morgan fingerprint density at radius 3 is 3.07 bits per heavy atom. The molecule has 1 fully saturated rings. The van der Waals surface area contributed by atoms with E-state index in [0.29, 0.717) is 6.61 Å². The van der Waals surface area contributed by atoms with Crippen molar-refractivity contribution in [1.29, 1.82) is 0 Å². The van der Waals surface area contributed by atoms with Crippen LogP contribution in [-0.4, -0.2) is 33.3 Å². The predicted molar refractivity (Wildman–Crippen MR) is 54.8 cm³/mol. The van der Waals surface area contributed by atoms with E-state index in [4.69, 9.17) is 9.84 Å². The second-order valence-corrected chi connectivity index (χ2v) is 4.40. The summed E-state index contributed by atoms with van der Waals surface area (Å²) in [7, 11) is 0. The van der Waals surface area contributed by atoms with Crippen LogP contribution in [0.15, 0.2) is 21.9 Å². The lowest BCUT2D eigenvalue weighted by atomic mass is 10.6. The van der Waals surface area contributed by atoms with E-state index in [2.05, 4.69) is 4.98 Å². The zero-order valence-corrected chi connectivity index (χ0v) is 8.57. The zero-order valence-electron chi connectivity index (χ0n) is 7.75. The van der Waals surface area contributed by atoms with Gasteiger partial charge in [-0.3, -0.25) is 14.3 Å². The quantitative estimate of drug-likeness (QED) is 0.689. The van der Waals surface area contributed by atoms with Crippen molar-refractivity contribution < 1.29 is 9.84 Å². The van der Waals surface area contributed by atoms with Crippen LogP contribution in [0.3, 0.4) is 0 Å². The predicted octanol–water partition coefficient (Wildman–Crippen LogP) is -0.883. The molecule has 1 aliphatic heterocycles. The number of nitrogens with zero attached hydrogens (tertiary/aromatic N) is 1. The molecule has 0 radical (unpaired) electrons. The average molecular weight is 230 g/mol. The molecule has 82 valence electrons. The fourth-order valence-electron chi connectivity index (χ4n) is 1.34. The third-order valence-corrected chi connectivity index (χ3v) is 3.31. The second-order valence-electron chi connectivity index (χ2n) is 3.05. The van der Waals surface area contributed by atoms with Gasteiger partial charge in [-0.15, -0.1) is 11.8 Å². The highest BCUT2D eigenvalue weighted by Crippen LogP contribution is 2.33. The van der Waals surface area contributed by atoms with Crippen LogP contribution >= 0.6 is 11.8 Å². The molecular formula is C8H10N2O4S. The molecule has 0 unspecified atom stereocenters. The van der Waals surface area contributed by atoms with Crippen molar-refractivity contribution >= 4 is 11.8 Å². The highest BCUT2D eigenvalue weighted by molar-refractivity contribution is 8.00. The highest BCUT2D eigenvalue weighted by atomic mass is 32.2. The van der Waals surface area contributed by atoms with E-state index in [1.165, 1.54) is 28.6 Å². The summed E-state index contributed by atoms with van der Waals surface area (Å²) < 4.78 is 6.61. The molecule has 0 saturated carbocycles. The molecule has 2 atom stereocenters. The maximum Gasteiger partial charge on any atom is 0.329 e. The summed E-state index contributed by atoms with van der Waals surface area (Å²) in [6.45, 7) is 0.265. The Labute approximate surface area is 88.9 Å². The Morgan fingerprint density at radius 1 is 1.67 bits per heavy atom. The second kappa shape index (κ2) is 4.21. The van der Waals surface area contributed by atoms with Crippen LogP contribution in [0.4, 0.5) is 0 Å². The van der Waals surface area contributed by atoms with E-state index in [9.17, 15) is 9.59 Å². The van der Waals surface area contributed by atoms with Gasteiger partial charge in [-0.05, 0) is 0 Å². The molecule has 1 aromatic heterocycles. The van der Waals surface area contributed by atoms with Crippen molar-refractivity contribution in [1.82, 2.24) is 9.55 Å². The maximum absolute atomic E-state index is 11.4. The van der Waals surface area contributed by atoms with Crippen LogP contribution in [0, 0.1) is 0 Å². The van der Waals surface area contributed by atoms with Crippen molar-refractivity contribution in [2.24, 2.45) is 0 Å². The first-order chi connectivity index (χ1) is 7.20. The Morgan fingerprint density at radius 2 is 2.47 bits per heavy atom. The van der Waals surface area contributed by atoms with E-state index in [0.717, 1.165) is 0 Å². The fraction of sp³-hybridized carbons (Fsp3) is 0.500. The zero-order chi connectivity index (χ0) is 10.8. The van der Waals surface area contributed by atoms with Gasteiger partial charge in [0.25, 0.3) is 5.56 Å². The minimum Gasteiger partial charge on any atom is -0.393 e. The Bertz CT molecular complexity index is 454. The Hall–Kier alpha value is -1.05. The summed E-state index contributed by atoms with van der Waals surface area (Å²) >= 11 is 1.35. The van der Waals surface area contributed by atoms with Gasteiger partial charge in [-0.25, -0.2) is 4.79 Å². The molecule has 2 N–H and O–H groups in total. The lowest BCUT2D eigenvalue weighted by Gasteiger charge is -2.09. The standard InChI is InChI=1S/C8H10N2O4S/c11-3-7-14-4-6(15-7)10-2-1-5(12)9-8(10)13/h1-2,6-7,11H,3-4H2,(H,9,12,13)/t6-,7+/m1/s1. The SMILES string of the molecule is O=c1ccn([C@H]2CO[C@H](CO)S2)c(=O)[nH]1. The van der Waals surface area contributed by atoms with Gasteiger partial charge < -0.3 is 9.84 Å². The summed E-state index contributed by atoms with van der Waals surface area (Å²) in [6.07, 6.45) is 1.43. The highest BCUT2D eigenvalue weighted by Gasteiger charge is 2.27. The Kier molecular flexibility index (Phi) is 2.94. The van der Waals surface area contributed by atoms with Gasteiger partial charge in [-0.2, -0.15) is 0 Å². The van der Waals surface area contributed by atoms with Gasteiger partial charge in [-0.1, -0.05) is 0 Å². The van der Waals surface area contributed by atoms with Gasteiger partial charge in [0, 0.05) is 12.3 Å². The normalized spacial score (nSPS) is 25.7. The van der Waals surface area contributed by atoms with Crippen LogP contribution in [0.25, 0.3) is 0 Å². The molecule has 1 aliphatic rings. The first kappa shape index (κ1) is 10.5. The van der Waals surface area contributed by atoms with Gasteiger partial charge in [0.05, 0.1) is 13.2 Å². The largest absolute Gasteiger partial charge is 0.393 e. The van der Waals surface area contributed by atoms with E-state index < -0.39 is 11.2 Å². The fourth-order valence-corrected chi connectivity index (χ4v) is 2.39. The minimum atomic E-state index is -0.456. The van der Waals surface area contributed by atoms with Crippen LogP contribution in [-0.2, 0) is 4.74 Å². The molecule has 0 bridgehead atoms. The van der Waals surface area contributed by atoms with E-state index in [1.807, 2.05) is 0 Å². The molecule has 0 aliphatic carbocycles. The number of aromatic amines is 1. The molecule has 0 spiro atoms. The maximum atomic E-state index is 11.4. The third kappa shape index (κ3) is 2.14. The number of hydrogen-bond donors (Lipinski definition) is 2. The lowest BCUT2D eigenvalue weighted by molar-refractivity contribution is 0.0803. The number of aliphatic hydroxyl groups is 1. The van der Waals surface area contributed by atoms with Crippen LogP contribution in [0.1, 0.15) is 5.37 Å². The summed E-state index contributed by atoms with van der Waals surface area (Å²) in [4.78, 5) is 24.4. The molecule has 15 heavy (non-hydrogen) atoms. The van der Waals surface area contributed by atoms with Crippen LogP contribution in [0.5, 0.6) is 0 Å². The minimum absolute atomic E-state index is 0.0841. The monoisotopic (exact) mass is 230 g/mol. The molecule has 1 saturated heterocycles. The number of hydrogen-bond acceptors (Lipinski definition) is 5. The molecule has 6 nitrogen and oxygen atoms in total. The smallest absolute Gasteiger partial charge is 0.329 e. The molecule has 2 heterocycles. The molecule has 0 aromatic carbocycles. The topological polar surface area (TPSA) is 84.3 Å². The first-order valence-corrected chi connectivity index (χ1v) is 5.34. The average Bonchev–Trinajstić information content (AvgIpc) is 2.66. The molecule has 1 aromatic rings. The van der Waals surface area contributed by atoms with E-state index in [1.54, 1.807) is 0 Å². The number of aromatic nitrogens is 2. The van der Waals surface area contributed by atoms with Crippen molar-refractivity contribution in [3.05, 3.63) is 33.1 Å². The first-order valence-electron chi connectivity index (χ1n) is 4.40. The van der Waals surface area contributed by atoms with Crippen molar-refractivity contribution in [2.75, 3.05) is 13.2 Å². The number of H-pyrrole nitrogens is 1. The number of ether oxygens (including phenoxy) is 1. The van der Waals surface area contributed by atoms with E-state index >= 15 is 0 Å². The van der Waals surface area contributed by atoms with Crippen molar-refractivity contribution in [3.63, 3.8) is 0 Å². The summed E-state index contributed by atoms with van der Waals surface area (Å²) in [5.74, 6) is 0. The van der Waals surface area contributed by atoms with E-state index in [-0.39, 0.29) is 17.4 Å². The lowest BCUT2D eigenvalue weighted by Crippen LogP contribution is -2.30. The molecule has 7 heteroatoms. The van der Waals surface area contributed by atoms with Gasteiger partial charge in [0.15, 0.2) is 0 Å². The van der Waals surface area contributed by atoms with Crippen molar-refractivity contribution in [3.8, 4) is 0 Å². The molecule has 0 amide bonds. The number of rotatable bonds is 2. The number of thioether (sulfide) groups is 1.